The molecule has 0 aliphatic heterocycles. The average molecular weight is 246 g/mol. The number of aromatic nitrogens is 2. The summed E-state index contributed by atoms with van der Waals surface area (Å²) in [5.41, 5.74) is 0.0424. The second-order valence-electron chi connectivity index (χ2n) is 3.31. The van der Waals surface area contributed by atoms with Gasteiger partial charge in [-0.15, -0.1) is 0 Å². The number of hydrogen-bond donors (Lipinski definition) is 1. The van der Waals surface area contributed by atoms with E-state index in [4.69, 9.17) is 14.6 Å². The van der Waals surface area contributed by atoms with Crippen molar-refractivity contribution in [2.75, 3.05) is 7.11 Å². The van der Waals surface area contributed by atoms with Crippen LogP contribution in [0.25, 0.3) is 0 Å². The van der Waals surface area contributed by atoms with Gasteiger partial charge in [0.05, 0.1) is 13.3 Å². The van der Waals surface area contributed by atoms with Crippen LogP contribution in [-0.4, -0.2) is 28.2 Å². The lowest BCUT2D eigenvalue weighted by Crippen LogP contribution is -2.00. The highest BCUT2D eigenvalue weighted by molar-refractivity contribution is 5.90. The summed E-state index contributed by atoms with van der Waals surface area (Å²) in [6.07, 6.45) is 4.24. The molecule has 0 saturated carbocycles. The number of methoxy groups -OCH3 is 1. The van der Waals surface area contributed by atoms with Crippen molar-refractivity contribution in [3.05, 3.63) is 42.4 Å². The highest BCUT2D eigenvalue weighted by Gasteiger charge is 2.12. The zero-order valence-corrected chi connectivity index (χ0v) is 9.53. The molecule has 6 heteroatoms. The van der Waals surface area contributed by atoms with Crippen LogP contribution in [0.5, 0.6) is 17.4 Å². The van der Waals surface area contributed by atoms with E-state index in [-0.39, 0.29) is 11.3 Å². The minimum absolute atomic E-state index is 0.0424. The smallest absolute Gasteiger partial charge is 0.339 e. The Morgan fingerprint density at radius 1 is 1.33 bits per heavy atom. The van der Waals surface area contributed by atoms with Crippen molar-refractivity contribution >= 4 is 5.97 Å². The normalized spacial score (nSPS) is 9.83. The summed E-state index contributed by atoms with van der Waals surface area (Å²) in [7, 11) is 1.48. The number of rotatable bonds is 4. The molecule has 2 heterocycles. The zero-order chi connectivity index (χ0) is 13.0. The molecule has 6 nitrogen and oxygen atoms in total. The number of nitrogens with zero attached hydrogens (tertiary/aromatic N) is 2. The number of hydrogen-bond acceptors (Lipinski definition) is 5. The fraction of sp³-hybridized carbons (Fsp3) is 0.0833. The number of aromatic carboxylic acids is 1. The SMILES string of the molecule is COc1cc(Oc2cnccc2C(=O)O)ccn1. The molecule has 0 radical (unpaired) electrons. The first-order valence-corrected chi connectivity index (χ1v) is 5.06. The first-order valence-electron chi connectivity index (χ1n) is 5.06. The molecule has 2 aromatic rings. The van der Waals surface area contributed by atoms with Gasteiger partial charge in [-0.25, -0.2) is 9.78 Å². The first-order chi connectivity index (χ1) is 8.70. The van der Waals surface area contributed by atoms with Crippen LogP contribution in [0.1, 0.15) is 10.4 Å². The maximum atomic E-state index is 11.0. The standard InChI is InChI=1S/C12H10N2O4/c1-17-11-6-8(2-5-14-11)18-10-7-13-4-3-9(10)12(15)16/h2-7H,1H3,(H,15,16). The third kappa shape index (κ3) is 2.54. The van der Waals surface area contributed by atoms with Crippen molar-refractivity contribution in [2.45, 2.75) is 0 Å². The molecule has 0 aromatic carbocycles. The summed E-state index contributed by atoms with van der Waals surface area (Å²) in [6, 6.07) is 4.52. The van der Waals surface area contributed by atoms with Crippen molar-refractivity contribution in [3.63, 3.8) is 0 Å². The fourth-order valence-electron chi connectivity index (χ4n) is 1.33. The van der Waals surface area contributed by atoms with Gasteiger partial charge in [-0.2, -0.15) is 0 Å². The fourth-order valence-corrected chi connectivity index (χ4v) is 1.33. The van der Waals surface area contributed by atoms with Crippen LogP contribution in [0.15, 0.2) is 36.8 Å². The molecule has 0 spiro atoms. The van der Waals surface area contributed by atoms with E-state index < -0.39 is 5.97 Å². The molecule has 0 saturated heterocycles. The van der Waals surface area contributed by atoms with E-state index in [1.807, 2.05) is 0 Å². The molecule has 18 heavy (non-hydrogen) atoms. The Kier molecular flexibility index (Phi) is 3.38. The summed E-state index contributed by atoms with van der Waals surface area (Å²) >= 11 is 0. The van der Waals surface area contributed by atoms with Crippen LogP contribution in [-0.2, 0) is 0 Å². The summed E-state index contributed by atoms with van der Waals surface area (Å²) < 4.78 is 10.4. The minimum atomic E-state index is -1.08. The van der Waals surface area contributed by atoms with E-state index >= 15 is 0 Å². The highest BCUT2D eigenvalue weighted by atomic mass is 16.5. The molecule has 0 aliphatic carbocycles. The predicted octanol–water partition coefficient (Wildman–Crippen LogP) is 1.98. The summed E-state index contributed by atoms with van der Waals surface area (Å²) in [6.45, 7) is 0. The first kappa shape index (κ1) is 11.8. The van der Waals surface area contributed by atoms with Crippen LogP contribution in [0, 0.1) is 0 Å². The van der Waals surface area contributed by atoms with Crippen LogP contribution in [0.3, 0.4) is 0 Å². The van der Waals surface area contributed by atoms with E-state index in [2.05, 4.69) is 9.97 Å². The monoisotopic (exact) mass is 246 g/mol. The van der Waals surface area contributed by atoms with Crippen molar-refractivity contribution in [1.82, 2.24) is 9.97 Å². The van der Waals surface area contributed by atoms with Gasteiger partial charge in [-0.05, 0) is 12.1 Å². The van der Waals surface area contributed by atoms with Gasteiger partial charge in [0.2, 0.25) is 5.88 Å². The number of carboxylic acids is 1. The van der Waals surface area contributed by atoms with Gasteiger partial charge >= 0.3 is 5.97 Å². The Morgan fingerprint density at radius 2 is 2.17 bits per heavy atom. The highest BCUT2D eigenvalue weighted by Crippen LogP contribution is 2.25. The second kappa shape index (κ2) is 5.13. The maximum absolute atomic E-state index is 11.0. The zero-order valence-electron chi connectivity index (χ0n) is 9.53. The maximum Gasteiger partial charge on any atom is 0.339 e. The summed E-state index contributed by atoms with van der Waals surface area (Å²) in [4.78, 5) is 18.7. The summed E-state index contributed by atoms with van der Waals surface area (Å²) in [5.74, 6) is -0.0997. The largest absolute Gasteiger partial charge is 0.481 e. The van der Waals surface area contributed by atoms with Crippen LogP contribution >= 0.6 is 0 Å². The quantitative estimate of drug-likeness (QED) is 0.888. The lowest BCUT2D eigenvalue weighted by atomic mass is 10.2. The number of pyridine rings is 2. The predicted molar refractivity (Wildman–Crippen MR) is 62.1 cm³/mol. The van der Waals surface area contributed by atoms with Gasteiger partial charge in [-0.3, -0.25) is 4.98 Å². The second-order valence-corrected chi connectivity index (χ2v) is 3.31. The topological polar surface area (TPSA) is 81.5 Å². The van der Waals surface area contributed by atoms with Crippen LogP contribution in [0.2, 0.25) is 0 Å². The van der Waals surface area contributed by atoms with Gasteiger partial charge in [0.1, 0.15) is 11.3 Å². The van der Waals surface area contributed by atoms with Gasteiger partial charge in [-0.1, -0.05) is 0 Å². The van der Waals surface area contributed by atoms with Crippen molar-refractivity contribution in [3.8, 4) is 17.4 Å². The third-order valence-electron chi connectivity index (χ3n) is 2.16. The van der Waals surface area contributed by atoms with Crippen molar-refractivity contribution in [2.24, 2.45) is 0 Å². The number of carboxylic acid groups (broad SMARTS) is 1. The number of carbonyl (C=O) groups is 1. The van der Waals surface area contributed by atoms with Gasteiger partial charge in [0, 0.05) is 18.5 Å². The molecule has 0 fully saturated rings. The molecule has 0 unspecified atom stereocenters. The number of ether oxygens (including phenoxy) is 2. The molecule has 0 atom stereocenters. The van der Waals surface area contributed by atoms with Crippen LogP contribution in [0.4, 0.5) is 0 Å². The van der Waals surface area contributed by atoms with E-state index in [0.29, 0.717) is 11.6 Å². The Morgan fingerprint density at radius 3 is 2.89 bits per heavy atom. The van der Waals surface area contributed by atoms with E-state index in [1.165, 1.54) is 31.8 Å². The average Bonchev–Trinajstić information content (AvgIpc) is 2.39. The van der Waals surface area contributed by atoms with E-state index in [1.54, 1.807) is 12.1 Å². The van der Waals surface area contributed by atoms with Crippen LogP contribution < -0.4 is 9.47 Å². The Balaban J connectivity index is 2.31. The van der Waals surface area contributed by atoms with Gasteiger partial charge in [0.15, 0.2) is 5.75 Å². The molecule has 0 aliphatic rings. The molecule has 92 valence electrons. The van der Waals surface area contributed by atoms with Gasteiger partial charge < -0.3 is 14.6 Å². The molecule has 2 aromatic heterocycles. The van der Waals surface area contributed by atoms with E-state index in [9.17, 15) is 4.79 Å². The summed E-state index contributed by atoms with van der Waals surface area (Å²) in [5, 5.41) is 9.00. The molecule has 1 N–H and O–H groups in total. The molecule has 2 rings (SSSR count). The molecular formula is C12H10N2O4. The molecule has 0 bridgehead atoms. The molecular weight excluding hydrogens is 236 g/mol. The van der Waals surface area contributed by atoms with Gasteiger partial charge in [0.25, 0.3) is 0 Å². The third-order valence-corrected chi connectivity index (χ3v) is 2.16. The lowest BCUT2D eigenvalue weighted by molar-refractivity contribution is 0.0694. The minimum Gasteiger partial charge on any atom is -0.481 e. The lowest BCUT2D eigenvalue weighted by Gasteiger charge is -2.08. The van der Waals surface area contributed by atoms with Crippen molar-refractivity contribution < 1.29 is 19.4 Å². The Labute approximate surface area is 103 Å². The Hall–Kier alpha value is -2.63. The Bertz CT molecular complexity index is 572. The van der Waals surface area contributed by atoms with E-state index in [0.717, 1.165) is 0 Å². The van der Waals surface area contributed by atoms with Crippen molar-refractivity contribution in [1.29, 1.82) is 0 Å². The molecule has 0 amide bonds.